The van der Waals surface area contributed by atoms with Gasteiger partial charge in [0.2, 0.25) is 5.88 Å². The largest absolute Gasteiger partial charge is 0.740 e. The second-order valence-electron chi connectivity index (χ2n) is 9.24. The number of halogens is 3. The van der Waals surface area contributed by atoms with Crippen LogP contribution in [0.5, 0.6) is 0 Å². The van der Waals surface area contributed by atoms with E-state index in [1.807, 2.05) is 0 Å². The lowest BCUT2D eigenvalue weighted by Crippen LogP contribution is -2.40. The quantitative estimate of drug-likeness (QED) is 0.424. The number of allylic oxidation sites excluding steroid dienone is 2. The van der Waals surface area contributed by atoms with Crippen molar-refractivity contribution in [3.8, 4) is 0 Å². The Hall–Kier alpha value is -2.97. The highest BCUT2D eigenvalue weighted by Gasteiger charge is 2.36. The number of hydrazone groups is 1. The number of pyridine rings is 1. The van der Waals surface area contributed by atoms with Crippen LogP contribution in [0.4, 0.5) is 5.69 Å². The lowest BCUT2D eigenvalue weighted by molar-refractivity contribution is -0.113. The fraction of sp³-hybridized carbons (Fsp3) is 0.280. The minimum absolute atomic E-state index is 0.0565. The molecule has 1 aromatic carbocycles. The summed E-state index contributed by atoms with van der Waals surface area (Å²) in [5.41, 5.74) is 4.18. The molecule has 1 aromatic heterocycles. The van der Waals surface area contributed by atoms with E-state index < -0.39 is 23.2 Å². The Kier molecular flexibility index (Phi) is 8.47. The zero-order chi connectivity index (χ0) is 28.6. The molecule has 2 unspecified atom stereocenters. The SMILES string of the molecule is CN(C(=O)c1cc(Cl)cc(Br)c1NC(=O)C1=CC=C(OS(=O)[O-])N(C2=NNCC2c2ncccc2Cl)C1)C1CC1. The number of benzene rings is 1. The summed E-state index contributed by atoms with van der Waals surface area (Å²) >= 11 is 13.2. The number of nitrogens with zero attached hydrogens (tertiary/aromatic N) is 4. The molecule has 3 heterocycles. The van der Waals surface area contributed by atoms with Gasteiger partial charge in [-0.2, -0.15) is 5.10 Å². The third-order valence-corrected chi connectivity index (χ3v) is 8.07. The zero-order valence-electron chi connectivity index (χ0n) is 20.9. The van der Waals surface area contributed by atoms with Crippen molar-refractivity contribution in [2.75, 3.05) is 25.5 Å². The highest BCUT2D eigenvalue weighted by Crippen LogP contribution is 2.35. The van der Waals surface area contributed by atoms with Gasteiger partial charge in [-0.05, 0) is 59.1 Å². The minimum atomic E-state index is -2.88. The molecule has 0 saturated heterocycles. The monoisotopic (exact) mass is 667 g/mol. The first-order valence-corrected chi connectivity index (χ1v) is 14.6. The molecular weight excluding hydrogens is 647 g/mol. The summed E-state index contributed by atoms with van der Waals surface area (Å²) in [4.78, 5) is 34.2. The molecule has 15 heteroatoms. The van der Waals surface area contributed by atoms with Crippen molar-refractivity contribution in [1.82, 2.24) is 20.2 Å². The molecule has 2 N–H and O–H groups in total. The van der Waals surface area contributed by atoms with E-state index in [0.29, 0.717) is 32.6 Å². The first-order chi connectivity index (χ1) is 19.1. The van der Waals surface area contributed by atoms with Crippen LogP contribution in [-0.4, -0.2) is 67.4 Å². The van der Waals surface area contributed by atoms with Crippen molar-refractivity contribution in [2.45, 2.75) is 24.8 Å². The Morgan fingerprint density at radius 3 is 2.77 bits per heavy atom. The van der Waals surface area contributed by atoms with Crippen LogP contribution in [0.25, 0.3) is 0 Å². The predicted molar refractivity (Wildman–Crippen MR) is 153 cm³/mol. The second kappa shape index (κ2) is 11.9. The molecular formula is C25H22BrCl2N6O5S-. The van der Waals surface area contributed by atoms with E-state index in [4.69, 9.17) is 27.4 Å². The molecule has 0 bridgehead atoms. The lowest BCUT2D eigenvalue weighted by Gasteiger charge is -2.31. The van der Waals surface area contributed by atoms with Crippen molar-refractivity contribution in [3.05, 3.63) is 79.8 Å². The van der Waals surface area contributed by atoms with Crippen LogP contribution in [0.2, 0.25) is 10.0 Å². The van der Waals surface area contributed by atoms with Crippen molar-refractivity contribution < 1.29 is 22.5 Å². The van der Waals surface area contributed by atoms with Gasteiger partial charge in [-0.25, -0.2) is 4.21 Å². The fourth-order valence-electron chi connectivity index (χ4n) is 4.44. The maximum atomic E-state index is 13.5. The van der Waals surface area contributed by atoms with Gasteiger partial charge in [0, 0.05) is 47.0 Å². The average molecular weight is 669 g/mol. The lowest BCUT2D eigenvalue weighted by atomic mass is 10.0. The number of aromatic nitrogens is 1. The number of carbonyl (C=O) groups excluding carboxylic acids is 2. The van der Waals surface area contributed by atoms with E-state index in [9.17, 15) is 18.4 Å². The number of amides is 2. The molecule has 2 atom stereocenters. The summed E-state index contributed by atoms with van der Waals surface area (Å²) in [7, 11) is 1.72. The molecule has 210 valence electrons. The van der Waals surface area contributed by atoms with Crippen LogP contribution in [0.1, 0.15) is 34.8 Å². The normalized spacial score (nSPS) is 19.2. The number of carbonyl (C=O) groups is 2. The molecule has 11 nitrogen and oxygen atoms in total. The molecule has 40 heavy (non-hydrogen) atoms. The van der Waals surface area contributed by atoms with Gasteiger partial charge in [0.05, 0.1) is 34.4 Å². The number of rotatable bonds is 7. The molecule has 3 aliphatic rings. The number of nitrogens with one attached hydrogen (secondary N) is 2. The van der Waals surface area contributed by atoms with E-state index in [-0.39, 0.29) is 41.2 Å². The maximum absolute atomic E-state index is 13.5. The Morgan fingerprint density at radius 1 is 1.30 bits per heavy atom. The van der Waals surface area contributed by atoms with Crippen molar-refractivity contribution in [3.63, 3.8) is 0 Å². The van der Waals surface area contributed by atoms with Crippen LogP contribution < -0.4 is 10.7 Å². The summed E-state index contributed by atoms with van der Waals surface area (Å²) in [5.74, 6) is -0.927. The summed E-state index contributed by atoms with van der Waals surface area (Å²) in [6, 6.07) is 6.64. The summed E-state index contributed by atoms with van der Waals surface area (Å²) in [6.07, 6.45) is 6.23. The van der Waals surface area contributed by atoms with Crippen LogP contribution in [-0.2, 0) is 20.3 Å². The highest BCUT2D eigenvalue weighted by molar-refractivity contribution is 9.10. The number of anilines is 1. The van der Waals surface area contributed by atoms with Gasteiger partial charge in [0.1, 0.15) is 17.2 Å². The van der Waals surface area contributed by atoms with Gasteiger partial charge < -0.3 is 24.4 Å². The van der Waals surface area contributed by atoms with Gasteiger partial charge in [-0.15, -0.1) is 0 Å². The Labute approximate surface area is 250 Å². The molecule has 2 aromatic rings. The van der Waals surface area contributed by atoms with Crippen LogP contribution >= 0.6 is 39.1 Å². The molecule has 2 amide bonds. The van der Waals surface area contributed by atoms with E-state index in [1.165, 1.54) is 23.1 Å². The van der Waals surface area contributed by atoms with Crippen molar-refractivity contribution in [2.24, 2.45) is 5.10 Å². The fourth-order valence-corrected chi connectivity index (χ4v) is 5.88. The standard InChI is InChI=1S/C25H23BrCl2N6O5S/c1-33(15-5-6-15)25(36)16-9-14(27)10-18(26)21(16)31-24(35)13-4-7-20(39-40(37)38)34(12-13)23-17(11-30-32-23)22-19(28)3-2-8-29-22/h2-4,7-10,15,17,30H,5-6,11-12H2,1H3,(H,31,35)(H,37,38)/p-1. The Bertz CT molecular complexity index is 1500. The minimum Gasteiger partial charge on any atom is -0.740 e. The van der Waals surface area contributed by atoms with Gasteiger partial charge >= 0.3 is 0 Å². The predicted octanol–water partition coefficient (Wildman–Crippen LogP) is 3.92. The first-order valence-electron chi connectivity index (χ1n) is 12.1. The average Bonchev–Trinajstić information content (AvgIpc) is 3.66. The Morgan fingerprint density at radius 2 is 2.08 bits per heavy atom. The third-order valence-electron chi connectivity index (χ3n) is 6.60. The highest BCUT2D eigenvalue weighted by atomic mass is 79.9. The zero-order valence-corrected chi connectivity index (χ0v) is 24.8. The number of amidine groups is 1. The first kappa shape index (κ1) is 28.6. The van der Waals surface area contributed by atoms with E-state index in [0.717, 1.165) is 12.8 Å². The molecule has 1 saturated carbocycles. The molecule has 0 spiro atoms. The summed E-state index contributed by atoms with van der Waals surface area (Å²) in [6.45, 7) is 0.256. The van der Waals surface area contributed by atoms with Gasteiger partial charge in [-0.3, -0.25) is 19.5 Å². The van der Waals surface area contributed by atoms with Crippen LogP contribution in [0, 0.1) is 0 Å². The molecule has 5 rings (SSSR count). The van der Waals surface area contributed by atoms with Gasteiger partial charge in [-0.1, -0.05) is 23.2 Å². The molecule has 1 aliphatic carbocycles. The van der Waals surface area contributed by atoms with Crippen molar-refractivity contribution in [1.29, 1.82) is 0 Å². The number of hydrogen-bond acceptors (Lipinski definition) is 9. The molecule has 0 radical (unpaired) electrons. The topological polar surface area (TPSA) is 139 Å². The molecule has 1 fully saturated rings. The van der Waals surface area contributed by atoms with Crippen LogP contribution in [0.3, 0.4) is 0 Å². The van der Waals surface area contributed by atoms with E-state index in [2.05, 4.69) is 36.8 Å². The Balaban J connectivity index is 1.43. The number of hydrogen-bond donors (Lipinski definition) is 2. The van der Waals surface area contributed by atoms with Crippen molar-refractivity contribution >= 4 is 73.8 Å². The summed E-state index contributed by atoms with van der Waals surface area (Å²) < 4.78 is 28.3. The van der Waals surface area contributed by atoms with E-state index >= 15 is 0 Å². The van der Waals surface area contributed by atoms with Gasteiger partial charge in [0.25, 0.3) is 11.8 Å². The third kappa shape index (κ3) is 6.03. The van der Waals surface area contributed by atoms with E-state index in [1.54, 1.807) is 36.3 Å². The molecule has 2 aliphatic heterocycles. The van der Waals surface area contributed by atoms with Gasteiger partial charge in [0.15, 0.2) is 0 Å². The smallest absolute Gasteiger partial charge is 0.256 e. The van der Waals surface area contributed by atoms with Crippen LogP contribution in [0.15, 0.2) is 63.6 Å². The maximum Gasteiger partial charge on any atom is 0.256 e. The summed E-state index contributed by atoms with van der Waals surface area (Å²) in [5, 5.41) is 7.91. The second-order valence-corrected chi connectivity index (χ2v) is 11.5.